The van der Waals surface area contributed by atoms with Gasteiger partial charge in [-0.1, -0.05) is 48.5 Å². The number of hydroxylamine groups is 1. The van der Waals surface area contributed by atoms with E-state index < -0.39 is 0 Å². The van der Waals surface area contributed by atoms with E-state index in [2.05, 4.69) is 10.6 Å². The van der Waals surface area contributed by atoms with Gasteiger partial charge in [0.25, 0.3) is 0 Å². The first kappa shape index (κ1) is 11.1. The van der Waals surface area contributed by atoms with E-state index in [0.29, 0.717) is 4.86 Å². The van der Waals surface area contributed by atoms with Crippen LogP contribution in [0.5, 0.6) is 0 Å². The average Bonchev–Trinajstić information content (AvgIpc) is 2.39. The molecule has 0 saturated heterocycles. The number of benzene rings is 2. The normalized spacial score (nSPS) is 11.2. The fraction of sp³-hybridized carbons (Fsp3) is 0.0769. The Kier molecular flexibility index (Phi) is 3.70. The van der Waals surface area contributed by atoms with E-state index in [4.69, 9.17) is 0 Å². The summed E-state index contributed by atoms with van der Waals surface area (Å²) in [5, 5.41) is 15.2. The molecule has 0 aliphatic carbocycles. The molecule has 2 aromatic carbocycles. The molecule has 0 radical (unpaired) electrons. The van der Waals surface area contributed by atoms with Crippen LogP contribution in [0.2, 0.25) is 0 Å². The average molecular weight is 227 g/mol. The van der Waals surface area contributed by atoms with Crippen molar-refractivity contribution in [3.05, 3.63) is 71.4 Å². The smallest absolute Gasteiger partial charge is 0.146 e. The van der Waals surface area contributed by atoms with Gasteiger partial charge in [0.15, 0.2) is 0 Å². The summed E-state index contributed by atoms with van der Waals surface area (Å²) in [5.41, 5.74) is 4.43. The van der Waals surface area contributed by atoms with Gasteiger partial charge < -0.3 is 5.21 Å². The molecule has 0 aliphatic rings. The molecule has 17 heavy (non-hydrogen) atoms. The van der Waals surface area contributed by atoms with Gasteiger partial charge in [-0.3, -0.25) is 0 Å². The van der Waals surface area contributed by atoms with Gasteiger partial charge in [0.1, 0.15) is 12.2 Å². The Morgan fingerprint density at radius 1 is 0.941 bits per heavy atom. The number of hydrogen-bond donors (Lipinski definition) is 1. The van der Waals surface area contributed by atoms with Crippen molar-refractivity contribution in [1.29, 1.82) is 0 Å². The number of anilines is 1. The Morgan fingerprint density at radius 2 is 1.53 bits per heavy atom. The summed E-state index contributed by atoms with van der Waals surface area (Å²) in [6.07, 6.45) is 0. The monoisotopic (exact) mass is 227 g/mol. The van der Waals surface area contributed by atoms with E-state index in [1.807, 2.05) is 60.7 Å². The van der Waals surface area contributed by atoms with Crippen molar-refractivity contribution in [1.82, 2.24) is 0 Å². The minimum absolute atomic E-state index is 0.237. The Balaban J connectivity index is 1.94. The fourth-order valence-corrected chi connectivity index (χ4v) is 1.40. The number of para-hydroxylation sites is 1. The largest absolute Gasteiger partial charge is 0.696 e. The molecule has 0 aromatic heterocycles. The zero-order valence-corrected chi connectivity index (χ0v) is 9.28. The quantitative estimate of drug-likeness (QED) is 0.495. The molecule has 0 unspecified atom stereocenters. The van der Waals surface area contributed by atoms with Crippen LogP contribution < -0.4 is 5.43 Å². The summed E-state index contributed by atoms with van der Waals surface area (Å²) in [5.74, 6) is 0. The van der Waals surface area contributed by atoms with Crippen LogP contribution >= 0.6 is 0 Å². The number of rotatable bonds is 4. The second-order valence-corrected chi connectivity index (χ2v) is 3.57. The molecular weight excluding hydrogens is 214 g/mol. The summed E-state index contributed by atoms with van der Waals surface area (Å²) in [7, 11) is 0. The summed E-state index contributed by atoms with van der Waals surface area (Å²) < 4.78 is 0. The lowest BCUT2D eigenvalue weighted by atomic mass is 10.2. The third-order valence-electron chi connectivity index (χ3n) is 2.23. The van der Waals surface area contributed by atoms with Crippen molar-refractivity contribution in [3.63, 3.8) is 0 Å². The predicted octanol–water partition coefficient (Wildman–Crippen LogP) is 3.18. The molecule has 0 spiro atoms. The van der Waals surface area contributed by atoms with E-state index in [-0.39, 0.29) is 6.54 Å². The molecule has 0 saturated carbocycles. The third kappa shape index (κ3) is 3.61. The van der Waals surface area contributed by atoms with E-state index in [9.17, 15) is 5.21 Å². The van der Waals surface area contributed by atoms with Crippen molar-refractivity contribution in [2.24, 2.45) is 5.22 Å². The molecule has 0 amide bonds. The van der Waals surface area contributed by atoms with Gasteiger partial charge in [0.05, 0.1) is 5.22 Å². The van der Waals surface area contributed by atoms with Crippen LogP contribution in [0.25, 0.3) is 0 Å². The minimum Gasteiger partial charge on any atom is -0.696 e. The molecule has 0 atom stereocenters. The first-order valence-corrected chi connectivity index (χ1v) is 5.35. The number of hydrogen-bond acceptors (Lipinski definition) is 2. The molecule has 4 heteroatoms. The maximum atomic E-state index is 11.5. The summed E-state index contributed by atoms with van der Waals surface area (Å²) >= 11 is 0. The van der Waals surface area contributed by atoms with Gasteiger partial charge in [-0.05, 0) is 17.7 Å². The molecule has 86 valence electrons. The molecule has 0 fully saturated rings. The molecule has 2 rings (SSSR count). The van der Waals surface area contributed by atoms with Crippen LogP contribution in [0.15, 0.2) is 65.9 Å². The summed E-state index contributed by atoms with van der Waals surface area (Å²) in [6.45, 7) is 0.237. The third-order valence-corrected chi connectivity index (χ3v) is 2.23. The lowest BCUT2D eigenvalue weighted by Gasteiger charge is -2.05. The van der Waals surface area contributed by atoms with Crippen molar-refractivity contribution in [3.8, 4) is 0 Å². The SMILES string of the molecule is [O-][N+](Cc1ccccc1)=NNc1ccccc1. The highest BCUT2D eigenvalue weighted by Gasteiger charge is 1.96. The second-order valence-electron chi connectivity index (χ2n) is 3.57. The van der Waals surface area contributed by atoms with Gasteiger partial charge in [-0.15, -0.1) is 5.43 Å². The van der Waals surface area contributed by atoms with Crippen molar-refractivity contribution in [2.75, 3.05) is 5.43 Å². The van der Waals surface area contributed by atoms with E-state index in [0.717, 1.165) is 11.3 Å². The fourth-order valence-electron chi connectivity index (χ4n) is 1.40. The van der Waals surface area contributed by atoms with Crippen LogP contribution in [0, 0.1) is 5.21 Å². The number of nitrogens with one attached hydrogen (secondary N) is 1. The highest BCUT2D eigenvalue weighted by atomic mass is 16.5. The van der Waals surface area contributed by atoms with Gasteiger partial charge >= 0.3 is 0 Å². The van der Waals surface area contributed by atoms with Gasteiger partial charge in [-0.2, -0.15) is 4.86 Å². The molecule has 1 N–H and O–H groups in total. The maximum absolute atomic E-state index is 11.5. The Labute approximate surface area is 99.8 Å². The minimum atomic E-state index is 0.237. The molecule has 0 aliphatic heterocycles. The Bertz CT molecular complexity index is 483. The lowest BCUT2D eigenvalue weighted by molar-refractivity contribution is -0.544. The van der Waals surface area contributed by atoms with Crippen LogP contribution in [0.1, 0.15) is 5.56 Å². The van der Waals surface area contributed by atoms with Crippen LogP contribution in [-0.4, -0.2) is 4.86 Å². The van der Waals surface area contributed by atoms with Crippen LogP contribution in [0.3, 0.4) is 0 Å². The highest BCUT2D eigenvalue weighted by molar-refractivity contribution is 5.40. The number of nitrogens with zero attached hydrogens (tertiary/aromatic N) is 2. The van der Waals surface area contributed by atoms with Crippen molar-refractivity contribution >= 4 is 5.69 Å². The Hall–Kier alpha value is -2.36. The molecule has 0 heterocycles. The predicted molar refractivity (Wildman–Crippen MR) is 66.3 cm³/mol. The van der Waals surface area contributed by atoms with Gasteiger partial charge in [0.2, 0.25) is 0 Å². The second kappa shape index (κ2) is 5.65. The molecule has 4 nitrogen and oxygen atoms in total. The zero-order chi connectivity index (χ0) is 11.9. The first-order chi connectivity index (χ1) is 8.34. The highest BCUT2D eigenvalue weighted by Crippen LogP contribution is 2.05. The molecular formula is C13H13N3O. The van der Waals surface area contributed by atoms with E-state index in [1.165, 1.54) is 0 Å². The topological polar surface area (TPSA) is 50.5 Å². The molecule has 0 bridgehead atoms. The molecule has 2 aromatic rings. The standard InChI is InChI=1S/C13H13N3O/c17-16(11-12-7-3-1-4-8-12)15-14-13-9-5-2-6-10-13/h1-10,14H,11H2. The van der Waals surface area contributed by atoms with Gasteiger partial charge in [-0.25, -0.2) is 0 Å². The Morgan fingerprint density at radius 3 is 2.18 bits per heavy atom. The van der Waals surface area contributed by atoms with Crippen LogP contribution in [0.4, 0.5) is 5.69 Å². The lowest BCUT2D eigenvalue weighted by Crippen LogP contribution is -2.03. The van der Waals surface area contributed by atoms with Crippen molar-refractivity contribution in [2.45, 2.75) is 6.54 Å². The van der Waals surface area contributed by atoms with Crippen molar-refractivity contribution < 1.29 is 4.86 Å². The van der Waals surface area contributed by atoms with E-state index in [1.54, 1.807) is 0 Å². The summed E-state index contributed by atoms with van der Waals surface area (Å²) in [4.78, 5) is 0.627. The maximum Gasteiger partial charge on any atom is 0.146 e. The first-order valence-electron chi connectivity index (χ1n) is 5.35. The zero-order valence-electron chi connectivity index (χ0n) is 9.28. The van der Waals surface area contributed by atoms with Gasteiger partial charge in [0, 0.05) is 0 Å². The summed E-state index contributed by atoms with van der Waals surface area (Å²) in [6, 6.07) is 18.9. The van der Waals surface area contributed by atoms with Crippen LogP contribution in [-0.2, 0) is 6.54 Å². The van der Waals surface area contributed by atoms with E-state index >= 15 is 0 Å².